The summed E-state index contributed by atoms with van der Waals surface area (Å²) in [6.45, 7) is 3.79. The van der Waals surface area contributed by atoms with E-state index in [1.807, 2.05) is 26.0 Å². The first-order valence-electron chi connectivity index (χ1n) is 5.06. The SMILES string of the molecule is Cc1ccc(C(=O)c2cnccc2C)cn1. The maximum Gasteiger partial charge on any atom is 0.196 e. The number of aryl methyl sites for hydroxylation is 2. The number of hydrogen-bond donors (Lipinski definition) is 0. The van der Waals surface area contributed by atoms with Gasteiger partial charge in [-0.05, 0) is 37.6 Å². The van der Waals surface area contributed by atoms with Gasteiger partial charge in [-0.1, -0.05) is 0 Å². The molecular formula is C13H12N2O. The second-order valence-corrected chi connectivity index (χ2v) is 3.71. The lowest BCUT2D eigenvalue weighted by atomic mass is 10.0. The highest BCUT2D eigenvalue weighted by Gasteiger charge is 2.11. The minimum atomic E-state index is -0.0295. The molecule has 0 N–H and O–H groups in total. The van der Waals surface area contributed by atoms with E-state index in [0.717, 1.165) is 11.3 Å². The van der Waals surface area contributed by atoms with E-state index in [0.29, 0.717) is 11.1 Å². The summed E-state index contributed by atoms with van der Waals surface area (Å²) in [5, 5.41) is 0. The Bertz CT molecular complexity index is 518. The van der Waals surface area contributed by atoms with E-state index in [-0.39, 0.29) is 5.78 Å². The van der Waals surface area contributed by atoms with Crippen molar-refractivity contribution in [2.24, 2.45) is 0 Å². The van der Waals surface area contributed by atoms with Crippen LogP contribution in [-0.2, 0) is 0 Å². The standard InChI is InChI=1S/C13H12N2O/c1-9-5-6-14-8-12(9)13(16)11-4-3-10(2)15-7-11/h3-8H,1-2H3. The molecule has 0 aliphatic rings. The van der Waals surface area contributed by atoms with Crippen molar-refractivity contribution in [1.29, 1.82) is 0 Å². The molecule has 0 atom stereocenters. The Morgan fingerprint density at radius 3 is 2.56 bits per heavy atom. The molecule has 0 aliphatic carbocycles. The number of carbonyl (C=O) groups is 1. The Hall–Kier alpha value is -2.03. The maximum atomic E-state index is 12.1. The zero-order chi connectivity index (χ0) is 11.5. The Kier molecular flexibility index (Phi) is 2.77. The molecule has 0 unspecified atom stereocenters. The molecule has 0 saturated carbocycles. The van der Waals surface area contributed by atoms with Crippen LogP contribution >= 0.6 is 0 Å². The first-order valence-corrected chi connectivity index (χ1v) is 5.06. The minimum absolute atomic E-state index is 0.0295. The van der Waals surface area contributed by atoms with Crippen LogP contribution in [0.3, 0.4) is 0 Å². The summed E-state index contributed by atoms with van der Waals surface area (Å²) in [4.78, 5) is 20.2. The highest BCUT2D eigenvalue weighted by atomic mass is 16.1. The van der Waals surface area contributed by atoms with Crippen molar-refractivity contribution < 1.29 is 4.79 Å². The molecule has 0 spiro atoms. The van der Waals surface area contributed by atoms with Crippen molar-refractivity contribution in [3.05, 3.63) is 59.2 Å². The van der Waals surface area contributed by atoms with Crippen molar-refractivity contribution in [3.63, 3.8) is 0 Å². The summed E-state index contributed by atoms with van der Waals surface area (Å²) >= 11 is 0. The fourth-order valence-corrected chi connectivity index (χ4v) is 1.46. The van der Waals surface area contributed by atoms with Gasteiger partial charge in [0, 0.05) is 35.4 Å². The average molecular weight is 212 g/mol. The van der Waals surface area contributed by atoms with E-state index >= 15 is 0 Å². The van der Waals surface area contributed by atoms with Crippen molar-refractivity contribution in [3.8, 4) is 0 Å². The third-order valence-corrected chi connectivity index (χ3v) is 2.46. The number of hydrogen-bond acceptors (Lipinski definition) is 3. The molecule has 0 aliphatic heterocycles. The molecule has 0 radical (unpaired) electrons. The zero-order valence-corrected chi connectivity index (χ0v) is 9.27. The lowest BCUT2D eigenvalue weighted by molar-refractivity contribution is 0.103. The van der Waals surface area contributed by atoms with Crippen LogP contribution < -0.4 is 0 Å². The molecule has 0 amide bonds. The van der Waals surface area contributed by atoms with Gasteiger partial charge in [-0.3, -0.25) is 14.8 Å². The Morgan fingerprint density at radius 2 is 1.94 bits per heavy atom. The van der Waals surface area contributed by atoms with Crippen molar-refractivity contribution in [1.82, 2.24) is 9.97 Å². The van der Waals surface area contributed by atoms with Gasteiger partial charge in [-0.2, -0.15) is 0 Å². The smallest absolute Gasteiger partial charge is 0.196 e. The summed E-state index contributed by atoms with van der Waals surface area (Å²) in [5.74, 6) is -0.0295. The third-order valence-electron chi connectivity index (χ3n) is 2.46. The molecule has 3 heteroatoms. The monoisotopic (exact) mass is 212 g/mol. The van der Waals surface area contributed by atoms with E-state index < -0.39 is 0 Å². The third kappa shape index (κ3) is 1.98. The van der Waals surface area contributed by atoms with Gasteiger partial charge in [0.2, 0.25) is 0 Å². The molecule has 16 heavy (non-hydrogen) atoms. The van der Waals surface area contributed by atoms with Crippen LogP contribution in [0.4, 0.5) is 0 Å². The zero-order valence-electron chi connectivity index (χ0n) is 9.27. The normalized spacial score (nSPS) is 10.1. The van der Waals surface area contributed by atoms with Crippen LogP contribution in [0.25, 0.3) is 0 Å². The van der Waals surface area contributed by atoms with Crippen LogP contribution in [0, 0.1) is 13.8 Å². The summed E-state index contributed by atoms with van der Waals surface area (Å²) in [5.41, 5.74) is 3.06. The molecule has 2 aromatic rings. The first-order chi connectivity index (χ1) is 7.68. The number of aromatic nitrogens is 2. The van der Waals surface area contributed by atoms with Crippen LogP contribution in [0.15, 0.2) is 36.8 Å². The van der Waals surface area contributed by atoms with Gasteiger partial charge >= 0.3 is 0 Å². The predicted molar refractivity (Wildman–Crippen MR) is 61.4 cm³/mol. The Morgan fingerprint density at radius 1 is 1.12 bits per heavy atom. The fraction of sp³-hybridized carbons (Fsp3) is 0.154. The molecule has 0 aromatic carbocycles. The summed E-state index contributed by atoms with van der Waals surface area (Å²) in [6.07, 6.45) is 4.88. The molecule has 3 nitrogen and oxygen atoms in total. The summed E-state index contributed by atoms with van der Waals surface area (Å²) < 4.78 is 0. The van der Waals surface area contributed by atoms with Crippen LogP contribution in [0.5, 0.6) is 0 Å². The lowest BCUT2D eigenvalue weighted by Crippen LogP contribution is -2.04. The number of rotatable bonds is 2. The van der Waals surface area contributed by atoms with Gasteiger partial charge in [0.25, 0.3) is 0 Å². The highest BCUT2D eigenvalue weighted by Crippen LogP contribution is 2.12. The van der Waals surface area contributed by atoms with E-state index in [4.69, 9.17) is 0 Å². The molecule has 80 valence electrons. The number of pyridine rings is 2. The molecule has 0 bridgehead atoms. The van der Waals surface area contributed by atoms with Gasteiger partial charge in [0.15, 0.2) is 5.78 Å². The topological polar surface area (TPSA) is 42.9 Å². The fourth-order valence-electron chi connectivity index (χ4n) is 1.46. The number of ketones is 1. The maximum absolute atomic E-state index is 12.1. The van der Waals surface area contributed by atoms with E-state index in [1.165, 1.54) is 0 Å². The second kappa shape index (κ2) is 4.23. The quantitative estimate of drug-likeness (QED) is 0.717. The molecule has 0 saturated heterocycles. The van der Waals surface area contributed by atoms with Gasteiger partial charge in [-0.15, -0.1) is 0 Å². The first kappa shape index (κ1) is 10.5. The molecule has 0 fully saturated rings. The highest BCUT2D eigenvalue weighted by molar-refractivity contribution is 6.09. The van der Waals surface area contributed by atoms with Gasteiger partial charge in [0.1, 0.15) is 0 Å². The minimum Gasteiger partial charge on any atom is -0.288 e. The number of nitrogens with zero attached hydrogens (tertiary/aromatic N) is 2. The molecule has 2 aromatic heterocycles. The van der Waals surface area contributed by atoms with Crippen LogP contribution in [0.1, 0.15) is 27.2 Å². The largest absolute Gasteiger partial charge is 0.288 e. The van der Waals surface area contributed by atoms with Crippen LogP contribution in [-0.4, -0.2) is 15.8 Å². The summed E-state index contributed by atoms with van der Waals surface area (Å²) in [6, 6.07) is 5.45. The second-order valence-electron chi connectivity index (χ2n) is 3.71. The van der Waals surface area contributed by atoms with E-state index in [2.05, 4.69) is 9.97 Å². The molecular weight excluding hydrogens is 200 g/mol. The van der Waals surface area contributed by atoms with Crippen molar-refractivity contribution in [2.75, 3.05) is 0 Å². The van der Waals surface area contributed by atoms with Crippen molar-refractivity contribution >= 4 is 5.78 Å². The molecule has 2 rings (SSSR count). The Balaban J connectivity index is 2.40. The lowest BCUT2D eigenvalue weighted by Gasteiger charge is -2.03. The molecule has 2 heterocycles. The van der Waals surface area contributed by atoms with E-state index in [9.17, 15) is 4.79 Å². The van der Waals surface area contributed by atoms with E-state index in [1.54, 1.807) is 24.7 Å². The van der Waals surface area contributed by atoms with Gasteiger partial charge in [-0.25, -0.2) is 0 Å². The summed E-state index contributed by atoms with van der Waals surface area (Å²) in [7, 11) is 0. The van der Waals surface area contributed by atoms with Gasteiger partial charge in [0.05, 0.1) is 0 Å². The predicted octanol–water partition coefficient (Wildman–Crippen LogP) is 2.32. The van der Waals surface area contributed by atoms with Crippen LogP contribution in [0.2, 0.25) is 0 Å². The number of carbonyl (C=O) groups excluding carboxylic acids is 1. The Labute approximate surface area is 94.2 Å². The van der Waals surface area contributed by atoms with Crippen molar-refractivity contribution in [2.45, 2.75) is 13.8 Å². The average Bonchev–Trinajstić information content (AvgIpc) is 2.30. The van der Waals surface area contributed by atoms with Gasteiger partial charge < -0.3 is 0 Å².